The Hall–Kier alpha value is -2.63. The van der Waals surface area contributed by atoms with Gasteiger partial charge in [0.05, 0.1) is 7.11 Å². The van der Waals surface area contributed by atoms with Gasteiger partial charge in [0.2, 0.25) is 0 Å². The van der Waals surface area contributed by atoms with Crippen LogP contribution in [0, 0.1) is 17.5 Å². The summed E-state index contributed by atoms with van der Waals surface area (Å²) in [6.45, 7) is 1.65. The first-order valence-electron chi connectivity index (χ1n) is 6.29. The van der Waals surface area contributed by atoms with E-state index in [1.54, 1.807) is 6.92 Å². The summed E-state index contributed by atoms with van der Waals surface area (Å²) in [7, 11) is 1.25. The summed E-state index contributed by atoms with van der Waals surface area (Å²) >= 11 is 0. The van der Waals surface area contributed by atoms with Crippen LogP contribution < -0.4 is 0 Å². The molecule has 1 aromatic carbocycles. The molecule has 22 heavy (non-hydrogen) atoms. The van der Waals surface area contributed by atoms with Crippen molar-refractivity contribution in [1.82, 2.24) is 4.98 Å². The third-order valence-electron chi connectivity index (χ3n) is 3.08. The van der Waals surface area contributed by atoms with Gasteiger partial charge in [-0.25, -0.2) is 18.0 Å². The van der Waals surface area contributed by atoms with Crippen LogP contribution >= 0.6 is 0 Å². The van der Waals surface area contributed by atoms with Crippen molar-refractivity contribution in [3.8, 4) is 11.1 Å². The summed E-state index contributed by atoms with van der Waals surface area (Å²) in [5.74, 6) is -4.62. The first kappa shape index (κ1) is 15.8. The molecular weight excluding hydrogens is 295 g/mol. The summed E-state index contributed by atoms with van der Waals surface area (Å²) in [4.78, 5) is 15.1. The Kier molecular flexibility index (Phi) is 4.60. The Labute approximate surface area is 125 Å². The Morgan fingerprint density at radius 3 is 2.59 bits per heavy atom. The van der Waals surface area contributed by atoms with Crippen LogP contribution in [0.4, 0.5) is 13.2 Å². The SMILES string of the molecule is COC(=O)/C=C(\C)c1cncc(-c2ccc(F)c(F)c2F)c1. The monoisotopic (exact) mass is 307 g/mol. The Bertz CT molecular complexity index is 757. The fraction of sp³-hybridized carbons (Fsp3) is 0.125. The van der Waals surface area contributed by atoms with Crippen molar-refractivity contribution in [2.45, 2.75) is 6.92 Å². The quantitative estimate of drug-likeness (QED) is 0.492. The van der Waals surface area contributed by atoms with Crippen molar-refractivity contribution < 1.29 is 22.7 Å². The highest BCUT2D eigenvalue weighted by molar-refractivity contribution is 5.91. The third kappa shape index (κ3) is 3.16. The van der Waals surface area contributed by atoms with Gasteiger partial charge < -0.3 is 4.74 Å². The van der Waals surface area contributed by atoms with Crippen molar-refractivity contribution in [3.63, 3.8) is 0 Å². The van der Waals surface area contributed by atoms with Crippen molar-refractivity contribution >= 4 is 11.5 Å². The van der Waals surface area contributed by atoms with E-state index in [1.807, 2.05) is 0 Å². The molecule has 3 nitrogen and oxygen atoms in total. The lowest BCUT2D eigenvalue weighted by atomic mass is 10.0. The number of carbonyl (C=O) groups excluding carboxylic acids is 1. The summed E-state index contributed by atoms with van der Waals surface area (Å²) < 4.78 is 44.6. The summed E-state index contributed by atoms with van der Waals surface area (Å²) in [5, 5.41) is 0. The zero-order chi connectivity index (χ0) is 16.3. The van der Waals surface area contributed by atoms with E-state index in [1.165, 1.54) is 31.6 Å². The fourth-order valence-electron chi connectivity index (χ4n) is 1.87. The molecule has 1 aromatic heterocycles. The molecule has 0 amide bonds. The first-order chi connectivity index (χ1) is 10.4. The smallest absolute Gasteiger partial charge is 0.330 e. The summed E-state index contributed by atoms with van der Waals surface area (Å²) in [6.07, 6.45) is 4.04. The van der Waals surface area contributed by atoms with E-state index >= 15 is 0 Å². The summed E-state index contributed by atoms with van der Waals surface area (Å²) in [6, 6.07) is 3.50. The maximum Gasteiger partial charge on any atom is 0.330 e. The number of carbonyl (C=O) groups is 1. The van der Waals surface area contributed by atoms with Crippen LogP contribution in [0.1, 0.15) is 12.5 Å². The van der Waals surface area contributed by atoms with Gasteiger partial charge in [-0.05, 0) is 36.3 Å². The second-order valence-corrected chi connectivity index (χ2v) is 4.54. The van der Waals surface area contributed by atoms with Gasteiger partial charge in [-0.1, -0.05) is 0 Å². The van der Waals surface area contributed by atoms with Gasteiger partial charge in [-0.2, -0.15) is 0 Å². The molecule has 0 saturated heterocycles. The number of hydrogen-bond donors (Lipinski definition) is 0. The zero-order valence-electron chi connectivity index (χ0n) is 11.9. The highest BCUT2D eigenvalue weighted by Gasteiger charge is 2.15. The van der Waals surface area contributed by atoms with Gasteiger partial charge in [-0.3, -0.25) is 4.98 Å². The number of aromatic nitrogens is 1. The second-order valence-electron chi connectivity index (χ2n) is 4.54. The molecular formula is C16H12F3NO2. The van der Waals surface area contributed by atoms with Gasteiger partial charge in [0.1, 0.15) is 0 Å². The zero-order valence-corrected chi connectivity index (χ0v) is 11.9. The number of allylic oxidation sites excluding steroid dienone is 1. The van der Waals surface area contributed by atoms with Crippen LogP contribution in [0.5, 0.6) is 0 Å². The maximum atomic E-state index is 13.8. The highest BCUT2D eigenvalue weighted by Crippen LogP contribution is 2.27. The second kappa shape index (κ2) is 6.43. The van der Waals surface area contributed by atoms with Crippen LogP contribution in [-0.4, -0.2) is 18.1 Å². The molecule has 2 rings (SSSR count). The molecule has 0 aliphatic rings. The maximum absolute atomic E-state index is 13.8. The molecule has 0 atom stereocenters. The van der Waals surface area contributed by atoms with Crippen LogP contribution in [0.25, 0.3) is 16.7 Å². The number of nitrogens with zero attached hydrogens (tertiary/aromatic N) is 1. The van der Waals surface area contributed by atoms with Crippen LogP contribution in [0.2, 0.25) is 0 Å². The number of hydrogen-bond acceptors (Lipinski definition) is 3. The largest absolute Gasteiger partial charge is 0.466 e. The molecule has 0 aliphatic heterocycles. The van der Waals surface area contributed by atoms with Crippen LogP contribution in [0.15, 0.2) is 36.7 Å². The first-order valence-corrected chi connectivity index (χ1v) is 6.29. The fourth-order valence-corrected chi connectivity index (χ4v) is 1.87. The number of esters is 1. The van der Waals surface area contributed by atoms with Crippen LogP contribution in [0.3, 0.4) is 0 Å². The molecule has 0 spiro atoms. The van der Waals surface area contributed by atoms with Gasteiger partial charge in [-0.15, -0.1) is 0 Å². The Morgan fingerprint density at radius 1 is 1.18 bits per heavy atom. The molecule has 0 radical (unpaired) electrons. The van der Waals surface area contributed by atoms with E-state index < -0.39 is 23.4 Å². The number of rotatable bonds is 3. The van der Waals surface area contributed by atoms with Crippen molar-refractivity contribution in [1.29, 1.82) is 0 Å². The van der Waals surface area contributed by atoms with E-state index in [-0.39, 0.29) is 11.1 Å². The molecule has 0 saturated carbocycles. The number of ether oxygens (including phenoxy) is 1. The topological polar surface area (TPSA) is 39.2 Å². The number of pyridine rings is 1. The van der Waals surface area contributed by atoms with E-state index in [9.17, 15) is 18.0 Å². The minimum Gasteiger partial charge on any atom is -0.466 e. The van der Waals surface area contributed by atoms with Crippen molar-refractivity contribution in [2.24, 2.45) is 0 Å². The minimum absolute atomic E-state index is 0.112. The van der Waals surface area contributed by atoms with E-state index in [2.05, 4.69) is 9.72 Å². The van der Waals surface area contributed by atoms with Crippen LogP contribution in [-0.2, 0) is 9.53 Å². The Morgan fingerprint density at radius 2 is 1.91 bits per heavy atom. The third-order valence-corrected chi connectivity index (χ3v) is 3.08. The van der Waals surface area contributed by atoms with Crippen molar-refractivity contribution in [2.75, 3.05) is 7.11 Å². The number of halogens is 3. The minimum atomic E-state index is -1.54. The van der Waals surface area contributed by atoms with E-state index in [0.29, 0.717) is 11.1 Å². The standard InChI is InChI=1S/C16H12F3NO2/c1-9(5-14(21)22-2)10-6-11(8-20-7-10)12-3-4-13(17)16(19)15(12)18/h3-8H,1-2H3/b9-5+. The predicted octanol–water partition coefficient (Wildman–Crippen LogP) is 3.74. The van der Waals surface area contributed by atoms with Gasteiger partial charge in [0, 0.05) is 29.6 Å². The lowest BCUT2D eigenvalue weighted by molar-refractivity contribution is -0.134. The molecule has 2 aromatic rings. The molecule has 0 bridgehead atoms. The van der Waals surface area contributed by atoms with Gasteiger partial charge in [0.25, 0.3) is 0 Å². The van der Waals surface area contributed by atoms with Crippen molar-refractivity contribution in [3.05, 3.63) is 59.7 Å². The normalized spacial score (nSPS) is 11.4. The Balaban J connectivity index is 2.48. The van der Waals surface area contributed by atoms with Gasteiger partial charge in [0.15, 0.2) is 17.5 Å². The molecule has 0 aliphatic carbocycles. The van der Waals surface area contributed by atoms with Gasteiger partial charge >= 0.3 is 5.97 Å². The molecule has 1 heterocycles. The predicted molar refractivity (Wildman–Crippen MR) is 75.2 cm³/mol. The molecule has 114 valence electrons. The molecule has 0 unspecified atom stereocenters. The number of methoxy groups -OCH3 is 1. The molecule has 0 fully saturated rings. The lowest BCUT2D eigenvalue weighted by Crippen LogP contribution is -1.97. The molecule has 0 N–H and O–H groups in total. The van der Waals surface area contributed by atoms with E-state index in [4.69, 9.17) is 0 Å². The highest BCUT2D eigenvalue weighted by atomic mass is 19.2. The average molecular weight is 307 g/mol. The summed E-state index contributed by atoms with van der Waals surface area (Å²) in [5.41, 5.74) is 1.24. The molecule has 6 heteroatoms. The average Bonchev–Trinajstić information content (AvgIpc) is 2.52. The number of benzene rings is 1. The lowest BCUT2D eigenvalue weighted by Gasteiger charge is -2.07. The van der Waals surface area contributed by atoms with E-state index in [0.717, 1.165) is 12.1 Å².